The van der Waals surface area contributed by atoms with Crippen LogP contribution >= 0.6 is 15.9 Å². The van der Waals surface area contributed by atoms with Gasteiger partial charge in [-0.3, -0.25) is 4.68 Å². The third-order valence-corrected chi connectivity index (χ3v) is 4.06. The van der Waals surface area contributed by atoms with Crippen molar-refractivity contribution in [2.45, 2.75) is 38.9 Å². The molecule has 112 valence electrons. The highest BCUT2D eigenvalue weighted by molar-refractivity contribution is 9.10. The number of hydrogen-bond donors (Lipinski definition) is 1. The first-order chi connectivity index (χ1) is 10.2. The molecule has 1 aliphatic rings. The van der Waals surface area contributed by atoms with Crippen molar-refractivity contribution in [1.29, 1.82) is 0 Å². The third kappa shape index (κ3) is 4.08. The molecule has 0 amide bonds. The number of halogens is 1. The number of nitrogens with one attached hydrogen (secondary N) is 1. The molecule has 21 heavy (non-hydrogen) atoms. The second-order valence-corrected chi connectivity index (χ2v) is 6.40. The molecule has 1 N–H and O–H groups in total. The van der Waals surface area contributed by atoms with Gasteiger partial charge >= 0.3 is 0 Å². The summed E-state index contributed by atoms with van der Waals surface area (Å²) in [5.41, 5.74) is 2.38. The Kier molecular flexibility index (Phi) is 4.60. The van der Waals surface area contributed by atoms with Crippen LogP contribution in [0.3, 0.4) is 0 Å². The second-order valence-electron chi connectivity index (χ2n) is 5.48. The van der Waals surface area contributed by atoms with Gasteiger partial charge in [0.1, 0.15) is 12.4 Å². The first-order valence-electron chi connectivity index (χ1n) is 7.35. The monoisotopic (exact) mass is 349 g/mol. The zero-order chi connectivity index (χ0) is 14.7. The molecule has 1 saturated carbocycles. The van der Waals surface area contributed by atoms with Crippen LogP contribution in [0.1, 0.15) is 24.0 Å². The van der Waals surface area contributed by atoms with Crippen LogP contribution in [0.15, 0.2) is 35.1 Å². The van der Waals surface area contributed by atoms with Gasteiger partial charge in [-0.1, -0.05) is 15.9 Å². The Bertz CT molecular complexity index is 594. The molecule has 1 aromatic carbocycles. The van der Waals surface area contributed by atoms with E-state index in [1.807, 2.05) is 16.9 Å². The molecule has 0 aliphatic heterocycles. The molecule has 5 heteroatoms. The van der Waals surface area contributed by atoms with Crippen LogP contribution in [0.4, 0.5) is 0 Å². The highest BCUT2D eigenvalue weighted by Gasteiger charge is 2.21. The van der Waals surface area contributed by atoms with Crippen molar-refractivity contribution in [2.24, 2.45) is 0 Å². The van der Waals surface area contributed by atoms with Gasteiger partial charge in [-0.2, -0.15) is 5.10 Å². The molecule has 0 atom stereocenters. The molecule has 1 heterocycles. The smallest absolute Gasteiger partial charge is 0.126 e. The molecule has 4 nitrogen and oxygen atoms in total. The van der Waals surface area contributed by atoms with E-state index in [2.05, 4.69) is 45.4 Å². The van der Waals surface area contributed by atoms with Crippen LogP contribution in [0, 0.1) is 6.92 Å². The molecule has 2 aromatic rings. The zero-order valence-corrected chi connectivity index (χ0v) is 13.8. The van der Waals surface area contributed by atoms with E-state index in [9.17, 15) is 0 Å². The maximum absolute atomic E-state index is 6.03. The van der Waals surface area contributed by atoms with Crippen molar-refractivity contribution in [3.05, 3.63) is 46.2 Å². The quantitative estimate of drug-likeness (QED) is 0.833. The largest absolute Gasteiger partial charge is 0.491 e. The van der Waals surface area contributed by atoms with Crippen molar-refractivity contribution in [3.63, 3.8) is 0 Å². The van der Waals surface area contributed by atoms with Gasteiger partial charge in [0.25, 0.3) is 0 Å². The van der Waals surface area contributed by atoms with E-state index in [0.717, 1.165) is 28.9 Å². The fourth-order valence-electron chi connectivity index (χ4n) is 2.35. The van der Waals surface area contributed by atoms with E-state index >= 15 is 0 Å². The summed E-state index contributed by atoms with van der Waals surface area (Å²) in [6, 6.07) is 6.87. The Labute approximate surface area is 133 Å². The highest BCUT2D eigenvalue weighted by Crippen LogP contribution is 2.29. The van der Waals surface area contributed by atoms with Gasteiger partial charge in [0.05, 0.1) is 6.54 Å². The minimum absolute atomic E-state index is 0.626. The van der Waals surface area contributed by atoms with Crippen molar-refractivity contribution in [2.75, 3.05) is 6.61 Å². The summed E-state index contributed by atoms with van der Waals surface area (Å²) >= 11 is 3.57. The normalized spacial score (nSPS) is 14.4. The lowest BCUT2D eigenvalue weighted by atomic mass is 10.1. The summed E-state index contributed by atoms with van der Waals surface area (Å²) in [7, 11) is 0. The summed E-state index contributed by atoms with van der Waals surface area (Å²) in [6.45, 7) is 4.34. The van der Waals surface area contributed by atoms with E-state index in [0.29, 0.717) is 12.6 Å². The maximum Gasteiger partial charge on any atom is 0.126 e. The predicted octanol–water partition coefficient (Wildman–Crippen LogP) is 3.29. The van der Waals surface area contributed by atoms with E-state index in [-0.39, 0.29) is 0 Å². The maximum atomic E-state index is 6.03. The van der Waals surface area contributed by atoms with E-state index in [1.165, 1.54) is 18.4 Å². The lowest BCUT2D eigenvalue weighted by molar-refractivity contribution is 0.286. The molecule has 1 aliphatic carbocycles. The number of aryl methyl sites for hydroxylation is 1. The number of nitrogens with zero attached hydrogens (tertiary/aromatic N) is 2. The Balaban J connectivity index is 1.65. The molecule has 0 radical (unpaired) electrons. The molecule has 0 bridgehead atoms. The van der Waals surface area contributed by atoms with Gasteiger partial charge in [-0.15, -0.1) is 0 Å². The molecule has 0 unspecified atom stereocenters. The summed E-state index contributed by atoms with van der Waals surface area (Å²) in [4.78, 5) is 0. The second kappa shape index (κ2) is 6.62. The van der Waals surface area contributed by atoms with Gasteiger partial charge in [0.15, 0.2) is 0 Å². The average molecular weight is 350 g/mol. The minimum atomic E-state index is 0.626. The third-order valence-electron chi connectivity index (χ3n) is 3.60. The van der Waals surface area contributed by atoms with Gasteiger partial charge in [-0.05, 0) is 43.5 Å². The Morgan fingerprint density at radius 1 is 1.43 bits per heavy atom. The molecule has 3 rings (SSSR count). The van der Waals surface area contributed by atoms with Crippen LogP contribution < -0.4 is 10.1 Å². The molecule has 0 spiro atoms. The summed E-state index contributed by atoms with van der Waals surface area (Å²) in [5.74, 6) is 0.999. The fourth-order valence-corrected chi connectivity index (χ4v) is 2.97. The molecular formula is C16H20BrN3O. The molecule has 1 aromatic heterocycles. The van der Waals surface area contributed by atoms with Crippen LogP contribution in [0.5, 0.6) is 5.75 Å². The zero-order valence-electron chi connectivity index (χ0n) is 12.2. The van der Waals surface area contributed by atoms with E-state index in [4.69, 9.17) is 4.74 Å². The van der Waals surface area contributed by atoms with Crippen molar-refractivity contribution in [3.8, 4) is 5.75 Å². The van der Waals surface area contributed by atoms with Crippen LogP contribution in [0.2, 0.25) is 0 Å². The molecule has 1 fully saturated rings. The van der Waals surface area contributed by atoms with Crippen LogP contribution in [-0.4, -0.2) is 22.4 Å². The Hall–Kier alpha value is -1.33. The van der Waals surface area contributed by atoms with Gasteiger partial charge in [0.2, 0.25) is 0 Å². The van der Waals surface area contributed by atoms with Gasteiger partial charge < -0.3 is 10.1 Å². The van der Waals surface area contributed by atoms with Crippen LogP contribution in [0.25, 0.3) is 0 Å². The number of hydrogen-bond acceptors (Lipinski definition) is 3. The standard InChI is InChI=1S/C16H20BrN3O/c1-12-9-14(17)10-13(11-18-15-3-4-15)16(12)21-8-7-20-6-2-5-19-20/h2,5-6,9-10,15,18H,3-4,7-8,11H2,1H3. The molecule has 0 saturated heterocycles. The van der Waals surface area contributed by atoms with Gasteiger partial charge in [0, 0.05) is 35.0 Å². The Morgan fingerprint density at radius 2 is 2.29 bits per heavy atom. The minimum Gasteiger partial charge on any atom is -0.491 e. The highest BCUT2D eigenvalue weighted by atomic mass is 79.9. The number of ether oxygens (including phenoxy) is 1. The van der Waals surface area contributed by atoms with Crippen molar-refractivity contribution < 1.29 is 4.74 Å². The van der Waals surface area contributed by atoms with Gasteiger partial charge in [-0.25, -0.2) is 0 Å². The predicted molar refractivity (Wildman–Crippen MR) is 86.5 cm³/mol. The van der Waals surface area contributed by atoms with Crippen LogP contribution in [-0.2, 0) is 13.1 Å². The SMILES string of the molecule is Cc1cc(Br)cc(CNC2CC2)c1OCCn1cccn1. The summed E-state index contributed by atoms with van der Waals surface area (Å²) in [5, 5.41) is 7.74. The molecular weight excluding hydrogens is 330 g/mol. The number of rotatable bonds is 7. The van der Waals surface area contributed by atoms with E-state index < -0.39 is 0 Å². The first kappa shape index (κ1) is 14.6. The lowest BCUT2D eigenvalue weighted by Gasteiger charge is -2.15. The van der Waals surface area contributed by atoms with E-state index in [1.54, 1.807) is 6.20 Å². The Morgan fingerprint density at radius 3 is 3.00 bits per heavy atom. The lowest BCUT2D eigenvalue weighted by Crippen LogP contribution is -2.17. The van der Waals surface area contributed by atoms with Crippen molar-refractivity contribution in [1.82, 2.24) is 15.1 Å². The number of benzene rings is 1. The fraction of sp³-hybridized carbons (Fsp3) is 0.438. The number of aromatic nitrogens is 2. The summed E-state index contributed by atoms with van der Waals surface area (Å²) in [6.07, 6.45) is 6.33. The van der Waals surface area contributed by atoms with Crippen molar-refractivity contribution >= 4 is 15.9 Å². The average Bonchev–Trinajstić information content (AvgIpc) is 3.14. The first-order valence-corrected chi connectivity index (χ1v) is 8.14. The topological polar surface area (TPSA) is 39.1 Å². The summed E-state index contributed by atoms with van der Waals surface area (Å²) < 4.78 is 9.02.